The molecule has 0 aliphatic rings. The summed E-state index contributed by atoms with van der Waals surface area (Å²) in [5.41, 5.74) is 1.33. The summed E-state index contributed by atoms with van der Waals surface area (Å²) >= 11 is 2.06. The number of aromatic nitrogens is 4. The molecule has 0 aromatic carbocycles. The van der Waals surface area contributed by atoms with Gasteiger partial charge >= 0.3 is 6.18 Å². The Balaban J connectivity index is 1.90. The molecule has 0 unspecified atom stereocenters. The molecule has 3 rings (SSSR count). The van der Waals surface area contributed by atoms with Gasteiger partial charge in [0.1, 0.15) is 0 Å². The first kappa shape index (κ1) is 15.9. The second-order valence-corrected chi connectivity index (χ2v) is 5.65. The molecule has 5 nitrogen and oxygen atoms in total. The molecule has 0 fully saturated rings. The number of rotatable bonds is 3. The van der Waals surface area contributed by atoms with Gasteiger partial charge in [0.15, 0.2) is 18.1 Å². The SMILES string of the molecule is Fc1cc(-c2ccn3ncc(I)c3n2)cnc1OCC(F)(F)F. The number of fused-ring (bicyclic) bond motifs is 1. The Morgan fingerprint density at radius 3 is 2.74 bits per heavy atom. The minimum atomic E-state index is -4.56. The van der Waals surface area contributed by atoms with Crippen molar-refractivity contribution >= 4 is 28.2 Å². The predicted molar refractivity (Wildman–Crippen MR) is 80.4 cm³/mol. The highest BCUT2D eigenvalue weighted by atomic mass is 127. The van der Waals surface area contributed by atoms with E-state index in [0.29, 0.717) is 16.9 Å². The number of hydrogen-bond donors (Lipinski definition) is 0. The fourth-order valence-corrected chi connectivity index (χ4v) is 2.32. The summed E-state index contributed by atoms with van der Waals surface area (Å²) in [6.07, 6.45) is -0.0830. The van der Waals surface area contributed by atoms with E-state index in [9.17, 15) is 17.6 Å². The molecule has 0 spiro atoms. The van der Waals surface area contributed by atoms with E-state index in [-0.39, 0.29) is 0 Å². The van der Waals surface area contributed by atoms with E-state index in [4.69, 9.17) is 0 Å². The standard InChI is InChI=1S/C13H7F4IN4O/c14-8-3-7(4-19-12(8)23-6-13(15,16)17)10-1-2-22-11(21-10)9(18)5-20-22/h1-5H,6H2. The van der Waals surface area contributed by atoms with Gasteiger partial charge < -0.3 is 4.74 Å². The Bertz CT molecular complexity index is 865. The smallest absolute Gasteiger partial charge is 0.422 e. The molecule has 3 aromatic rings. The van der Waals surface area contributed by atoms with Crippen molar-refractivity contribution in [3.05, 3.63) is 40.1 Å². The van der Waals surface area contributed by atoms with Crippen molar-refractivity contribution in [1.82, 2.24) is 19.6 Å². The molecule has 3 aromatic heterocycles. The molecule has 0 saturated heterocycles. The summed E-state index contributed by atoms with van der Waals surface area (Å²) in [5.74, 6) is -1.69. The van der Waals surface area contributed by atoms with Crippen LogP contribution in [0.5, 0.6) is 5.88 Å². The zero-order chi connectivity index (χ0) is 16.6. The van der Waals surface area contributed by atoms with E-state index in [1.54, 1.807) is 23.0 Å². The van der Waals surface area contributed by atoms with Crippen molar-refractivity contribution < 1.29 is 22.3 Å². The van der Waals surface area contributed by atoms with Crippen molar-refractivity contribution in [2.45, 2.75) is 6.18 Å². The van der Waals surface area contributed by atoms with Gasteiger partial charge in [0.2, 0.25) is 0 Å². The van der Waals surface area contributed by atoms with E-state index in [0.717, 1.165) is 9.64 Å². The summed E-state index contributed by atoms with van der Waals surface area (Å²) in [5, 5.41) is 4.06. The monoisotopic (exact) mass is 438 g/mol. The first-order chi connectivity index (χ1) is 10.8. The van der Waals surface area contributed by atoms with Gasteiger partial charge in [0.25, 0.3) is 5.88 Å². The third-order valence-corrected chi connectivity index (χ3v) is 3.56. The maximum atomic E-state index is 13.8. The fraction of sp³-hybridized carbons (Fsp3) is 0.154. The molecule has 0 bridgehead atoms. The van der Waals surface area contributed by atoms with E-state index in [2.05, 4.69) is 42.4 Å². The van der Waals surface area contributed by atoms with E-state index in [1.165, 1.54) is 6.20 Å². The maximum Gasteiger partial charge on any atom is 0.422 e. The van der Waals surface area contributed by atoms with Gasteiger partial charge in [-0.2, -0.15) is 18.3 Å². The zero-order valence-corrected chi connectivity index (χ0v) is 13.3. The third kappa shape index (κ3) is 3.51. The molecular weight excluding hydrogens is 431 g/mol. The van der Waals surface area contributed by atoms with Crippen molar-refractivity contribution in [1.29, 1.82) is 0 Å². The van der Waals surface area contributed by atoms with Gasteiger partial charge in [-0.15, -0.1) is 0 Å². The number of ether oxygens (including phenoxy) is 1. The molecule has 0 N–H and O–H groups in total. The van der Waals surface area contributed by atoms with Crippen LogP contribution in [0.15, 0.2) is 30.7 Å². The molecule has 0 radical (unpaired) electrons. The summed E-state index contributed by atoms with van der Waals surface area (Å²) in [7, 11) is 0. The fourth-order valence-electron chi connectivity index (χ4n) is 1.82. The summed E-state index contributed by atoms with van der Waals surface area (Å²) < 4.78 is 56.8. The molecule has 0 saturated carbocycles. The number of pyridine rings is 1. The topological polar surface area (TPSA) is 52.3 Å². The van der Waals surface area contributed by atoms with Crippen LogP contribution in [-0.4, -0.2) is 32.4 Å². The van der Waals surface area contributed by atoms with Gasteiger partial charge in [-0.3, -0.25) is 0 Å². The molecule has 23 heavy (non-hydrogen) atoms. The average molecular weight is 438 g/mol. The maximum absolute atomic E-state index is 13.8. The van der Waals surface area contributed by atoms with Crippen molar-refractivity contribution in [2.24, 2.45) is 0 Å². The lowest BCUT2D eigenvalue weighted by molar-refractivity contribution is -0.154. The number of hydrogen-bond acceptors (Lipinski definition) is 4. The van der Waals surface area contributed by atoms with Crippen LogP contribution in [0.4, 0.5) is 17.6 Å². The highest BCUT2D eigenvalue weighted by molar-refractivity contribution is 14.1. The highest BCUT2D eigenvalue weighted by Crippen LogP contribution is 2.24. The summed E-state index contributed by atoms with van der Waals surface area (Å²) in [6, 6.07) is 2.63. The Labute approximate surface area is 140 Å². The van der Waals surface area contributed by atoms with Gasteiger partial charge in [0, 0.05) is 18.0 Å². The molecular formula is C13H7F4IN4O. The minimum absolute atomic E-state index is 0.321. The van der Waals surface area contributed by atoms with Crippen LogP contribution < -0.4 is 4.74 Å². The lowest BCUT2D eigenvalue weighted by Crippen LogP contribution is -2.20. The minimum Gasteiger partial charge on any atom is -0.466 e. The van der Waals surface area contributed by atoms with Gasteiger partial charge in [0.05, 0.1) is 15.5 Å². The van der Waals surface area contributed by atoms with Crippen LogP contribution in [-0.2, 0) is 0 Å². The van der Waals surface area contributed by atoms with Gasteiger partial charge in [-0.05, 0) is 34.7 Å². The number of nitrogens with zero attached hydrogens (tertiary/aromatic N) is 4. The van der Waals surface area contributed by atoms with Crippen LogP contribution in [0.2, 0.25) is 0 Å². The largest absolute Gasteiger partial charge is 0.466 e. The summed E-state index contributed by atoms with van der Waals surface area (Å²) in [4.78, 5) is 7.91. The third-order valence-electron chi connectivity index (χ3n) is 2.80. The zero-order valence-electron chi connectivity index (χ0n) is 11.2. The predicted octanol–water partition coefficient (Wildman–Crippen LogP) is 3.48. The first-order valence-electron chi connectivity index (χ1n) is 6.19. The van der Waals surface area contributed by atoms with Crippen LogP contribution in [0, 0.1) is 9.39 Å². The lowest BCUT2D eigenvalue weighted by Gasteiger charge is -2.09. The molecule has 0 aliphatic carbocycles. The highest BCUT2D eigenvalue weighted by Gasteiger charge is 2.29. The second kappa shape index (κ2) is 5.91. The average Bonchev–Trinajstić information content (AvgIpc) is 2.86. The van der Waals surface area contributed by atoms with E-state index < -0.39 is 24.5 Å². The Kier molecular flexibility index (Phi) is 4.08. The van der Waals surface area contributed by atoms with Gasteiger partial charge in [-0.1, -0.05) is 0 Å². The molecule has 0 aliphatic heterocycles. The van der Waals surface area contributed by atoms with Crippen LogP contribution >= 0.6 is 22.6 Å². The van der Waals surface area contributed by atoms with Gasteiger partial charge in [-0.25, -0.2) is 18.9 Å². The first-order valence-corrected chi connectivity index (χ1v) is 7.27. The Morgan fingerprint density at radius 2 is 2.04 bits per heavy atom. The number of alkyl halides is 3. The van der Waals surface area contributed by atoms with Crippen LogP contribution in [0.3, 0.4) is 0 Å². The van der Waals surface area contributed by atoms with E-state index in [1.807, 2.05) is 0 Å². The Hall–Kier alpha value is -1.98. The molecule has 0 amide bonds. The molecule has 120 valence electrons. The normalized spacial score (nSPS) is 11.9. The number of halogens is 5. The van der Waals surface area contributed by atoms with Crippen LogP contribution in [0.1, 0.15) is 0 Å². The summed E-state index contributed by atoms with van der Waals surface area (Å²) in [6.45, 7) is -1.60. The van der Waals surface area contributed by atoms with Crippen molar-refractivity contribution in [2.75, 3.05) is 6.61 Å². The lowest BCUT2D eigenvalue weighted by atomic mass is 10.2. The van der Waals surface area contributed by atoms with E-state index >= 15 is 0 Å². The molecule has 10 heteroatoms. The molecule has 0 atom stereocenters. The molecule has 3 heterocycles. The van der Waals surface area contributed by atoms with Crippen LogP contribution in [0.25, 0.3) is 16.9 Å². The van der Waals surface area contributed by atoms with Crippen molar-refractivity contribution in [3.8, 4) is 17.1 Å². The quantitative estimate of drug-likeness (QED) is 0.465. The Morgan fingerprint density at radius 1 is 1.26 bits per heavy atom. The second-order valence-electron chi connectivity index (χ2n) is 4.49. The van der Waals surface area contributed by atoms with Crippen molar-refractivity contribution in [3.63, 3.8) is 0 Å².